The molecule has 0 saturated heterocycles. The minimum absolute atomic E-state index is 0.789. The van der Waals surface area contributed by atoms with Crippen molar-refractivity contribution in [2.24, 2.45) is 4.99 Å². The summed E-state index contributed by atoms with van der Waals surface area (Å²) in [5, 5.41) is 7.89. The fourth-order valence-electron chi connectivity index (χ4n) is 2.61. The average Bonchev–Trinajstić information content (AvgIpc) is 3.17. The first kappa shape index (κ1) is 21.4. The predicted octanol–water partition coefficient (Wildman–Crippen LogP) is 3.45. The molecule has 0 fully saturated rings. The minimum Gasteiger partial charge on any atom is -0.381 e. The first-order chi connectivity index (χ1) is 13.3. The fourth-order valence-corrected chi connectivity index (χ4v) is 3.47. The van der Waals surface area contributed by atoms with E-state index in [4.69, 9.17) is 4.74 Å². The lowest BCUT2D eigenvalue weighted by Crippen LogP contribution is -2.38. The summed E-state index contributed by atoms with van der Waals surface area (Å²) in [4.78, 5) is 10.1. The van der Waals surface area contributed by atoms with Crippen molar-refractivity contribution < 1.29 is 4.74 Å². The fraction of sp³-hybridized carbons (Fsp3) is 0.524. The Bertz CT molecular complexity index is 657. The van der Waals surface area contributed by atoms with Gasteiger partial charge in [-0.25, -0.2) is 4.98 Å². The van der Waals surface area contributed by atoms with Crippen LogP contribution in [0, 0.1) is 0 Å². The molecule has 2 rings (SSSR count). The number of thiazole rings is 1. The summed E-state index contributed by atoms with van der Waals surface area (Å²) >= 11 is 1.80. The smallest absolute Gasteiger partial charge is 0.190 e. The molecular weight excluding hydrogens is 356 g/mol. The predicted molar refractivity (Wildman–Crippen MR) is 115 cm³/mol. The van der Waals surface area contributed by atoms with Crippen LogP contribution in [-0.2, 0) is 24.0 Å². The van der Waals surface area contributed by atoms with Crippen LogP contribution in [0.3, 0.4) is 0 Å². The number of guanidine groups is 1. The molecule has 0 atom stereocenters. The van der Waals surface area contributed by atoms with Crippen molar-refractivity contribution in [3.8, 4) is 0 Å². The van der Waals surface area contributed by atoms with Gasteiger partial charge < -0.3 is 15.4 Å². The van der Waals surface area contributed by atoms with Crippen molar-refractivity contribution in [1.29, 1.82) is 0 Å². The van der Waals surface area contributed by atoms with E-state index < -0.39 is 0 Å². The van der Waals surface area contributed by atoms with Gasteiger partial charge in [-0.2, -0.15) is 0 Å². The summed E-state index contributed by atoms with van der Waals surface area (Å²) in [6.07, 6.45) is 7.07. The monoisotopic (exact) mass is 388 g/mol. The highest BCUT2D eigenvalue weighted by atomic mass is 32.1. The average molecular weight is 389 g/mol. The number of unbranched alkanes of at least 4 members (excludes halogenated alkanes) is 1. The first-order valence-electron chi connectivity index (χ1n) is 9.81. The first-order valence-corrected chi connectivity index (χ1v) is 10.6. The third kappa shape index (κ3) is 9.02. The molecule has 27 heavy (non-hydrogen) atoms. The van der Waals surface area contributed by atoms with Gasteiger partial charge >= 0.3 is 0 Å². The second-order valence-electron chi connectivity index (χ2n) is 6.30. The summed E-state index contributed by atoms with van der Waals surface area (Å²) < 4.78 is 5.72. The molecule has 6 heteroatoms. The van der Waals surface area contributed by atoms with Gasteiger partial charge in [0.05, 0.1) is 11.6 Å². The molecule has 1 aromatic heterocycles. The maximum atomic E-state index is 5.72. The third-order valence-corrected chi connectivity index (χ3v) is 5.39. The van der Waals surface area contributed by atoms with Gasteiger partial charge in [0, 0.05) is 44.2 Å². The number of hydrogen-bond donors (Lipinski definition) is 2. The second kappa shape index (κ2) is 13.3. The topological polar surface area (TPSA) is 58.5 Å². The Morgan fingerprint density at radius 2 is 1.89 bits per heavy atom. The Hall–Kier alpha value is -1.92. The molecule has 0 saturated carbocycles. The second-order valence-corrected chi connectivity index (χ2v) is 7.50. The number of ether oxygens (including phenoxy) is 1. The van der Waals surface area contributed by atoms with E-state index in [0.29, 0.717) is 0 Å². The molecular formula is C21H32N4OS. The van der Waals surface area contributed by atoms with Crippen LogP contribution in [0.15, 0.2) is 41.5 Å². The van der Waals surface area contributed by atoms with E-state index in [1.165, 1.54) is 15.4 Å². The van der Waals surface area contributed by atoms with Gasteiger partial charge in [0.25, 0.3) is 0 Å². The van der Waals surface area contributed by atoms with Gasteiger partial charge in [0.15, 0.2) is 5.96 Å². The number of benzene rings is 1. The Balaban J connectivity index is 1.46. The molecule has 2 aromatic rings. The minimum atomic E-state index is 0.789. The molecule has 1 heterocycles. The van der Waals surface area contributed by atoms with E-state index >= 15 is 0 Å². The number of rotatable bonds is 12. The van der Waals surface area contributed by atoms with Gasteiger partial charge in [0.1, 0.15) is 0 Å². The van der Waals surface area contributed by atoms with Gasteiger partial charge in [-0.1, -0.05) is 37.3 Å². The zero-order valence-electron chi connectivity index (χ0n) is 16.5. The third-order valence-electron chi connectivity index (χ3n) is 4.19. The normalized spacial score (nSPS) is 11.6. The van der Waals surface area contributed by atoms with Gasteiger partial charge in [0.2, 0.25) is 0 Å². The number of hydrogen-bond acceptors (Lipinski definition) is 4. The van der Waals surface area contributed by atoms with E-state index in [0.717, 1.165) is 64.4 Å². The van der Waals surface area contributed by atoms with E-state index in [1.54, 1.807) is 18.4 Å². The van der Waals surface area contributed by atoms with Gasteiger partial charge in [-0.05, 0) is 31.2 Å². The summed E-state index contributed by atoms with van der Waals surface area (Å²) in [5.74, 6) is 0.854. The highest BCUT2D eigenvalue weighted by molar-refractivity contribution is 7.11. The van der Waals surface area contributed by atoms with Crippen molar-refractivity contribution in [1.82, 2.24) is 15.6 Å². The molecule has 2 N–H and O–H groups in total. The zero-order chi connectivity index (χ0) is 19.2. The number of aliphatic imine (C=N–C) groups is 1. The van der Waals surface area contributed by atoms with E-state index in [2.05, 4.69) is 51.8 Å². The zero-order valence-corrected chi connectivity index (χ0v) is 17.4. The molecule has 148 valence electrons. The Labute approximate surface area is 167 Å². The van der Waals surface area contributed by atoms with Gasteiger partial charge in [-0.15, -0.1) is 11.3 Å². The van der Waals surface area contributed by atoms with E-state index in [1.807, 2.05) is 12.3 Å². The molecule has 1 aromatic carbocycles. The van der Waals surface area contributed by atoms with Crippen LogP contribution in [0.5, 0.6) is 0 Å². The maximum absolute atomic E-state index is 5.72. The summed E-state index contributed by atoms with van der Waals surface area (Å²) in [6.45, 7) is 5.51. The van der Waals surface area contributed by atoms with E-state index in [-0.39, 0.29) is 0 Å². The lowest BCUT2D eigenvalue weighted by Gasteiger charge is -2.11. The molecule has 5 nitrogen and oxygen atoms in total. The number of nitrogens with one attached hydrogen (secondary N) is 2. The summed E-state index contributed by atoms with van der Waals surface area (Å²) in [6, 6.07) is 10.5. The van der Waals surface area contributed by atoms with Crippen LogP contribution in [0.2, 0.25) is 0 Å². The Kier molecular flexibility index (Phi) is 10.5. The van der Waals surface area contributed by atoms with Crippen LogP contribution in [0.4, 0.5) is 0 Å². The van der Waals surface area contributed by atoms with Crippen molar-refractivity contribution in [3.05, 3.63) is 52.0 Å². The lowest BCUT2D eigenvalue weighted by molar-refractivity contribution is 0.133. The Morgan fingerprint density at radius 1 is 1.07 bits per heavy atom. The SMILES string of the molecule is CCc1cnc(CCNC(=NC)NCCCCOCCc2ccccc2)s1. The van der Waals surface area contributed by atoms with Crippen molar-refractivity contribution in [2.75, 3.05) is 33.4 Å². The molecule has 0 aliphatic rings. The molecule has 0 bridgehead atoms. The lowest BCUT2D eigenvalue weighted by atomic mass is 10.2. The molecule has 0 aliphatic carbocycles. The van der Waals surface area contributed by atoms with Crippen molar-refractivity contribution in [2.45, 2.75) is 39.0 Å². The highest BCUT2D eigenvalue weighted by Gasteiger charge is 2.02. The quantitative estimate of drug-likeness (QED) is 0.332. The number of aryl methyl sites for hydroxylation is 1. The number of aromatic nitrogens is 1. The van der Waals surface area contributed by atoms with Gasteiger partial charge in [-0.3, -0.25) is 4.99 Å². The van der Waals surface area contributed by atoms with Crippen LogP contribution in [-0.4, -0.2) is 44.3 Å². The van der Waals surface area contributed by atoms with Crippen molar-refractivity contribution in [3.63, 3.8) is 0 Å². The maximum Gasteiger partial charge on any atom is 0.190 e. The Morgan fingerprint density at radius 3 is 2.63 bits per heavy atom. The number of nitrogens with zero attached hydrogens (tertiary/aromatic N) is 2. The summed E-state index contributed by atoms with van der Waals surface area (Å²) in [7, 11) is 1.81. The summed E-state index contributed by atoms with van der Waals surface area (Å²) in [5.41, 5.74) is 1.33. The highest BCUT2D eigenvalue weighted by Crippen LogP contribution is 2.13. The standard InChI is InChI=1S/C21H32N4OS/c1-3-19-17-25-20(27-19)11-14-24-21(22-2)23-13-7-8-15-26-16-12-18-9-5-4-6-10-18/h4-6,9-10,17H,3,7-8,11-16H2,1-2H3,(H2,22,23,24). The molecule has 0 unspecified atom stereocenters. The van der Waals surface area contributed by atoms with Crippen LogP contribution >= 0.6 is 11.3 Å². The van der Waals surface area contributed by atoms with Crippen LogP contribution in [0.1, 0.15) is 35.2 Å². The van der Waals surface area contributed by atoms with Crippen molar-refractivity contribution >= 4 is 17.3 Å². The molecule has 0 spiro atoms. The van der Waals surface area contributed by atoms with Crippen LogP contribution in [0.25, 0.3) is 0 Å². The molecule has 0 amide bonds. The van der Waals surface area contributed by atoms with E-state index in [9.17, 15) is 0 Å². The largest absolute Gasteiger partial charge is 0.381 e. The van der Waals surface area contributed by atoms with Crippen LogP contribution < -0.4 is 10.6 Å². The molecule has 0 aliphatic heterocycles. The molecule has 0 radical (unpaired) electrons.